The molecule has 0 fully saturated rings. The summed E-state index contributed by atoms with van der Waals surface area (Å²) in [5.74, 6) is 0.347. The number of aromatic nitrogens is 2. The monoisotopic (exact) mass is 289 g/mol. The van der Waals surface area contributed by atoms with Crippen molar-refractivity contribution >= 4 is 5.91 Å². The first-order valence-corrected chi connectivity index (χ1v) is 6.41. The van der Waals surface area contributed by atoms with Crippen molar-refractivity contribution in [3.63, 3.8) is 0 Å². The third-order valence-electron chi connectivity index (χ3n) is 2.68. The van der Waals surface area contributed by atoms with Gasteiger partial charge in [-0.3, -0.25) is 14.4 Å². The summed E-state index contributed by atoms with van der Waals surface area (Å²) in [4.78, 5) is 41.1. The molecule has 7 nitrogen and oxygen atoms in total. The molecule has 0 radical (unpaired) electrons. The van der Waals surface area contributed by atoms with Gasteiger partial charge in [0.25, 0.3) is 11.5 Å². The van der Waals surface area contributed by atoms with Gasteiger partial charge in [-0.15, -0.1) is 0 Å². The molecule has 0 aliphatic rings. The summed E-state index contributed by atoms with van der Waals surface area (Å²) < 4.78 is 5.18. The summed E-state index contributed by atoms with van der Waals surface area (Å²) in [7, 11) is 0. The highest BCUT2D eigenvalue weighted by molar-refractivity contribution is 5.91. The SMILES string of the molecule is Cc1cc(=O)[nH]c(CCNC(=O)c2cc(=O)cc(C)o2)n1. The molecule has 0 spiro atoms. The van der Waals surface area contributed by atoms with E-state index in [4.69, 9.17) is 4.42 Å². The van der Waals surface area contributed by atoms with Gasteiger partial charge >= 0.3 is 0 Å². The lowest BCUT2D eigenvalue weighted by Gasteiger charge is -2.05. The van der Waals surface area contributed by atoms with Crippen molar-refractivity contribution < 1.29 is 9.21 Å². The molecular formula is C14H15N3O4. The van der Waals surface area contributed by atoms with Crippen molar-refractivity contribution in [1.82, 2.24) is 15.3 Å². The van der Waals surface area contributed by atoms with Crippen molar-refractivity contribution in [3.05, 3.63) is 61.8 Å². The van der Waals surface area contributed by atoms with E-state index in [0.29, 0.717) is 23.7 Å². The van der Waals surface area contributed by atoms with Gasteiger partial charge in [-0.2, -0.15) is 0 Å². The highest BCUT2D eigenvalue weighted by Crippen LogP contribution is 2.00. The van der Waals surface area contributed by atoms with E-state index in [2.05, 4.69) is 15.3 Å². The number of carbonyl (C=O) groups excluding carboxylic acids is 1. The standard InChI is InChI=1S/C14H15N3O4/c1-8-5-13(19)17-12(16-8)3-4-15-14(20)11-7-10(18)6-9(2)21-11/h5-7H,3-4H2,1-2H3,(H,15,20)(H,16,17,19). The maximum absolute atomic E-state index is 11.8. The van der Waals surface area contributed by atoms with E-state index in [1.54, 1.807) is 13.8 Å². The molecule has 0 saturated heterocycles. The van der Waals surface area contributed by atoms with Crippen LogP contribution >= 0.6 is 0 Å². The van der Waals surface area contributed by atoms with E-state index >= 15 is 0 Å². The third-order valence-corrected chi connectivity index (χ3v) is 2.68. The van der Waals surface area contributed by atoms with Crippen LogP contribution in [0.3, 0.4) is 0 Å². The molecule has 0 saturated carbocycles. The molecule has 2 rings (SSSR count). The molecule has 0 aliphatic heterocycles. The summed E-state index contributed by atoms with van der Waals surface area (Å²) in [6, 6.07) is 3.83. The summed E-state index contributed by atoms with van der Waals surface area (Å²) in [6.07, 6.45) is 0.374. The zero-order valence-electron chi connectivity index (χ0n) is 11.7. The fourth-order valence-corrected chi connectivity index (χ4v) is 1.86. The van der Waals surface area contributed by atoms with Crippen molar-refractivity contribution in [2.24, 2.45) is 0 Å². The molecule has 0 bridgehead atoms. The Bertz CT molecular complexity index is 776. The fraction of sp³-hybridized carbons (Fsp3) is 0.286. The zero-order chi connectivity index (χ0) is 15.4. The molecule has 110 valence electrons. The largest absolute Gasteiger partial charge is 0.456 e. The Morgan fingerprint density at radius 3 is 2.71 bits per heavy atom. The van der Waals surface area contributed by atoms with Crippen molar-refractivity contribution in [1.29, 1.82) is 0 Å². The Morgan fingerprint density at radius 1 is 1.29 bits per heavy atom. The Balaban J connectivity index is 1.98. The van der Waals surface area contributed by atoms with Crippen LogP contribution < -0.4 is 16.3 Å². The lowest BCUT2D eigenvalue weighted by Crippen LogP contribution is -2.27. The van der Waals surface area contributed by atoms with Crippen LogP contribution in [0.4, 0.5) is 0 Å². The van der Waals surface area contributed by atoms with Crippen LogP contribution in [0.25, 0.3) is 0 Å². The number of amides is 1. The van der Waals surface area contributed by atoms with Gasteiger partial charge in [0.2, 0.25) is 0 Å². The molecule has 0 unspecified atom stereocenters. The molecule has 0 atom stereocenters. The molecule has 7 heteroatoms. The Labute approximate surface area is 120 Å². The van der Waals surface area contributed by atoms with E-state index in [-0.39, 0.29) is 23.3 Å². The number of hydrogen-bond acceptors (Lipinski definition) is 5. The number of nitrogens with zero attached hydrogens (tertiary/aromatic N) is 1. The first kappa shape index (κ1) is 14.7. The lowest BCUT2D eigenvalue weighted by molar-refractivity contribution is 0.0922. The number of aromatic amines is 1. The molecule has 2 aromatic heterocycles. The summed E-state index contributed by atoms with van der Waals surface area (Å²) >= 11 is 0. The quantitative estimate of drug-likeness (QED) is 0.843. The van der Waals surface area contributed by atoms with Crippen LogP contribution in [-0.2, 0) is 6.42 Å². The van der Waals surface area contributed by atoms with Gasteiger partial charge in [-0.25, -0.2) is 4.98 Å². The molecule has 1 amide bonds. The Kier molecular flexibility index (Phi) is 4.32. The normalized spacial score (nSPS) is 10.4. The Morgan fingerprint density at radius 2 is 2.05 bits per heavy atom. The average molecular weight is 289 g/mol. The molecule has 2 aromatic rings. The van der Waals surface area contributed by atoms with Crippen molar-refractivity contribution in [2.75, 3.05) is 6.54 Å². The second-order valence-corrected chi connectivity index (χ2v) is 4.61. The first-order valence-electron chi connectivity index (χ1n) is 6.41. The maximum atomic E-state index is 11.8. The number of hydrogen-bond donors (Lipinski definition) is 2. The van der Waals surface area contributed by atoms with E-state index in [1.807, 2.05) is 0 Å². The van der Waals surface area contributed by atoms with Gasteiger partial charge in [0, 0.05) is 36.9 Å². The van der Waals surface area contributed by atoms with E-state index in [0.717, 1.165) is 6.07 Å². The topological polar surface area (TPSA) is 105 Å². The van der Waals surface area contributed by atoms with Gasteiger partial charge < -0.3 is 14.7 Å². The van der Waals surface area contributed by atoms with Gasteiger partial charge in [-0.05, 0) is 13.8 Å². The van der Waals surface area contributed by atoms with Crippen molar-refractivity contribution in [3.8, 4) is 0 Å². The zero-order valence-corrected chi connectivity index (χ0v) is 11.7. The number of H-pyrrole nitrogens is 1. The second kappa shape index (κ2) is 6.17. The van der Waals surface area contributed by atoms with Crippen LogP contribution in [0.15, 0.2) is 32.2 Å². The van der Waals surface area contributed by atoms with Gasteiger partial charge in [-0.1, -0.05) is 0 Å². The van der Waals surface area contributed by atoms with Crippen LogP contribution in [0.2, 0.25) is 0 Å². The number of rotatable bonds is 4. The Hall–Kier alpha value is -2.70. The van der Waals surface area contributed by atoms with Crippen LogP contribution in [0, 0.1) is 13.8 Å². The first-order chi connectivity index (χ1) is 9.94. The minimum atomic E-state index is -0.481. The van der Waals surface area contributed by atoms with E-state index in [9.17, 15) is 14.4 Å². The van der Waals surface area contributed by atoms with Crippen molar-refractivity contribution in [2.45, 2.75) is 20.3 Å². The van der Waals surface area contributed by atoms with Gasteiger partial charge in [0.1, 0.15) is 11.6 Å². The van der Waals surface area contributed by atoms with Crippen LogP contribution in [-0.4, -0.2) is 22.4 Å². The number of aryl methyl sites for hydroxylation is 2. The molecular weight excluding hydrogens is 274 g/mol. The maximum Gasteiger partial charge on any atom is 0.287 e. The molecule has 0 aliphatic carbocycles. The lowest BCUT2D eigenvalue weighted by atomic mass is 10.3. The van der Waals surface area contributed by atoms with Crippen LogP contribution in [0.1, 0.15) is 27.8 Å². The predicted octanol–water partition coefficient (Wildman–Crippen LogP) is 0.312. The van der Waals surface area contributed by atoms with Gasteiger partial charge in [0.05, 0.1) is 0 Å². The second-order valence-electron chi connectivity index (χ2n) is 4.61. The molecule has 21 heavy (non-hydrogen) atoms. The minimum absolute atomic E-state index is 0.0364. The van der Waals surface area contributed by atoms with Gasteiger partial charge in [0.15, 0.2) is 11.2 Å². The number of carbonyl (C=O) groups is 1. The predicted molar refractivity (Wildman–Crippen MR) is 75.3 cm³/mol. The minimum Gasteiger partial charge on any atom is -0.456 e. The average Bonchev–Trinajstić information content (AvgIpc) is 2.36. The summed E-state index contributed by atoms with van der Waals surface area (Å²) in [6.45, 7) is 3.58. The summed E-state index contributed by atoms with van der Waals surface area (Å²) in [5.41, 5.74) is 0.104. The summed E-state index contributed by atoms with van der Waals surface area (Å²) in [5, 5.41) is 2.61. The smallest absolute Gasteiger partial charge is 0.287 e. The highest BCUT2D eigenvalue weighted by Gasteiger charge is 2.09. The molecule has 2 N–H and O–H groups in total. The molecule has 0 aromatic carbocycles. The number of nitrogens with one attached hydrogen (secondary N) is 2. The highest BCUT2D eigenvalue weighted by atomic mass is 16.3. The molecule has 2 heterocycles. The third kappa shape index (κ3) is 4.13. The van der Waals surface area contributed by atoms with Crippen LogP contribution in [0.5, 0.6) is 0 Å². The fourth-order valence-electron chi connectivity index (χ4n) is 1.86. The van der Waals surface area contributed by atoms with E-state index < -0.39 is 5.91 Å². The van der Waals surface area contributed by atoms with E-state index in [1.165, 1.54) is 12.1 Å².